The van der Waals surface area contributed by atoms with Crippen molar-refractivity contribution in [1.29, 1.82) is 0 Å². The van der Waals surface area contributed by atoms with Gasteiger partial charge in [-0.25, -0.2) is 0 Å². The molecule has 0 aromatic heterocycles. The van der Waals surface area contributed by atoms with E-state index in [0.29, 0.717) is 22.6 Å². The molecule has 2 aliphatic rings. The second-order valence-corrected chi connectivity index (χ2v) is 9.03. The third-order valence-corrected chi connectivity index (χ3v) is 6.86. The molecule has 0 aliphatic carbocycles. The number of anilines is 2. The zero-order valence-electron chi connectivity index (χ0n) is 17.8. The number of rotatable bonds is 4. The number of halogens is 1. The Hall–Kier alpha value is -3.58. The molecule has 164 valence electrons. The van der Waals surface area contributed by atoms with Crippen LogP contribution in [0.1, 0.15) is 18.9 Å². The molecule has 2 atom stereocenters. The lowest BCUT2D eigenvalue weighted by Crippen LogP contribution is -2.51. The maximum atomic E-state index is 14.1. The monoisotopic (exact) mass is 501 g/mol. The van der Waals surface area contributed by atoms with Crippen LogP contribution in [-0.4, -0.2) is 23.4 Å². The third-order valence-electron chi connectivity index (χ3n) is 6.33. The smallest absolute Gasteiger partial charge is 0.264 e. The standard InChI is InChI=1S/C26H20BrN3O3/c1-17-26(18-8-4-2-5-9-18,25(33)30(28-17)21-10-6-3-7-11-21)22-16-23(31)29(24(22)32)20-14-12-19(27)13-15-20/h2-15,22H,16H2,1H3. The van der Waals surface area contributed by atoms with Crippen molar-refractivity contribution in [3.05, 3.63) is 95.0 Å². The van der Waals surface area contributed by atoms with Gasteiger partial charge in [0.05, 0.1) is 23.0 Å². The second kappa shape index (κ2) is 8.08. The lowest BCUT2D eigenvalue weighted by Gasteiger charge is -2.33. The number of nitrogens with zero attached hydrogens (tertiary/aromatic N) is 3. The van der Waals surface area contributed by atoms with Gasteiger partial charge >= 0.3 is 0 Å². The van der Waals surface area contributed by atoms with Crippen LogP contribution in [0.2, 0.25) is 0 Å². The van der Waals surface area contributed by atoms with Crippen LogP contribution < -0.4 is 9.91 Å². The number of hydrogen-bond donors (Lipinski definition) is 0. The summed E-state index contributed by atoms with van der Waals surface area (Å²) in [4.78, 5) is 42.1. The van der Waals surface area contributed by atoms with Gasteiger partial charge < -0.3 is 0 Å². The molecule has 33 heavy (non-hydrogen) atoms. The van der Waals surface area contributed by atoms with E-state index in [0.717, 1.165) is 4.47 Å². The number of benzene rings is 3. The zero-order valence-corrected chi connectivity index (χ0v) is 19.4. The van der Waals surface area contributed by atoms with Crippen LogP contribution in [0.5, 0.6) is 0 Å². The highest BCUT2D eigenvalue weighted by atomic mass is 79.9. The fraction of sp³-hybridized carbons (Fsp3) is 0.154. The summed E-state index contributed by atoms with van der Waals surface area (Å²) in [5, 5.41) is 5.94. The molecule has 0 spiro atoms. The van der Waals surface area contributed by atoms with Crippen LogP contribution >= 0.6 is 15.9 Å². The number of para-hydroxylation sites is 1. The quantitative estimate of drug-likeness (QED) is 0.487. The molecule has 0 radical (unpaired) electrons. The molecule has 1 fully saturated rings. The fourth-order valence-electron chi connectivity index (χ4n) is 4.81. The van der Waals surface area contributed by atoms with Crippen LogP contribution in [0.25, 0.3) is 0 Å². The molecule has 3 amide bonds. The Labute approximate surface area is 199 Å². The van der Waals surface area contributed by atoms with Crippen molar-refractivity contribution in [2.45, 2.75) is 18.8 Å². The van der Waals surface area contributed by atoms with Gasteiger partial charge in [-0.05, 0) is 48.9 Å². The normalized spacial score (nSPS) is 22.8. The van der Waals surface area contributed by atoms with E-state index in [1.807, 2.05) is 48.5 Å². The summed E-state index contributed by atoms with van der Waals surface area (Å²) in [5.41, 5.74) is 0.874. The first-order valence-electron chi connectivity index (χ1n) is 10.6. The summed E-state index contributed by atoms with van der Waals surface area (Å²) >= 11 is 3.38. The van der Waals surface area contributed by atoms with Crippen molar-refractivity contribution in [1.82, 2.24) is 0 Å². The molecule has 7 heteroatoms. The summed E-state index contributed by atoms with van der Waals surface area (Å²) in [6.45, 7) is 1.76. The van der Waals surface area contributed by atoms with Crippen molar-refractivity contribution >= 4 is 50.7 Å². The fourth-order valence-corrected chi connectivity index (χ4v) is 5.07. The van der Waals surface area contributed by atoms with Crippen LogP contribution in [0, 0.1) is 5.92 Å². The zero-order chi connectivity index (χ0) is 23.2. The SMILES string of the molecule is CC1=NN(c2ccccc2)C(=O)C1(c1ccccc1)C1CC(=O)N(c2ccc(Br)cc2)C1=O. The van der Waals surface area contributed by atoms with E-state index in [1.165, 1.54) is 9.91 Å². The minimum Gasteiger partial charge on any atom is -0.274 e. The maximum Gasteiger partial charge on any atom is 0.264 e. The Morgan fingerprint density at radius 2 is 1.45 bits per heavy atom. The first-order valence-corrected chi connectivity index (χ1v) is 11.4. The molecule has 2 heterocycles. The Balaban J connectivity index is 1.64. The van der Waals surface area contributed by atoms with E-state index in [-0.39, 0.29) is 18.2 Å². The van der Waals surface area contributed by atoms with Gasteiger partial charge in [0.1, 0.15) is 5.41 Å². The average Bonchev–Trinajstić information content (AvgIpc) is 3.28. The molecule has 3 aromatic carbocycles. The lowest BCUT2D eigenvalue weighted by atomic mass is 9.66. The van der Waals surface area contributed by atoms with Gasteiger partial charge in [-0.3, -0.25) is 19.3 Å². The highest BCUT2D eigenvalue weighted by Gasteiger charge is 2.62. The number of hydrogen-bond acceptors (Lipinski definition) is 4. The van der Waals surface area contributed by atoms with E-state index in [4.69, 9.17) is 0 Å². The third kappa shape index (κ3) is 3.23. The van der Waals surface area contributed by atoms with E-state index in [2.05, 4.69) is 21.0 Å². The van der Waals surface area contributed by atoms with Crippen molar-refractivity contribution in [3.63, 3.8) is 0 Å². The van der Waals surface area contributed by atoms with Crippen molar-refractivity contribution < 1.29 is 14.4 Å². The summed E-state index contributed by atoms with van der Waals surface area (Å²) in [7, 11) is 0. The molecule has 3 aromatic rings. The first-order chi connectivity index (χ1) is 15.9. The highest BCUT2D eigenvalue weighted by Crippen LogP contribution is 2.47. The van der Waals surface area contributed by atoms with Crippen LogP contribution in [0.4, 0.5) is 11.4 Å². The molecule has 5 rings (SSSR count). The Morgan fingerprint density at radius 1 is 0.848 bits per heavy atom. The van der Waals surface area contributed by atoms with Crippen LogP contribution in [-0.2, 0) is 19.8 Å². The molecule has 2 unspecified atom stereocenters. The number of amides is 3. The van der Waals surface area contributed by atoms with Gasteiger partial charge in [-0.2, -0.15) is 10.1 Å². The summed E-state index contributed by atoms with van der Waals surface area (Å²) in [5.74, 6) is -1.97. The molecular weight excluding hydrogens is 482 g/mol. The molecule has 0 bridgehead atoms. The van der Waals surface area contributed by atoms with Crippen molar-refractivity contribution in [2.75, 3.05) is 9.91 Å². The number of carbonyl (C=O) groups excluding carboxylic acids is 3. The summed E-state index contributed by atoms with van der Waals surface area (Å²) < 4.78 is 0.843. The number of imide groups is 1. The second-order valence-electron chi connectivity index (χ2n) is 8.11. The molecule has 0 N–H and O–H groups in total. The minimum absolute atomic E-state index is 0.0784. The number of hydrazone groups is 1. The average molecular weight is 502 g/mol. The summed E-state index contributed by atoms with van der Waals surface area (Å²) in [6, 6.07) is 25.3. The molecule has 0 saturated carbocycles. The summed E-state index contributed by atoms with van der Waals surface area (Å²) in [6.07, 6.45) is -0.0784. The molecular formula is C26H20BrN3O3. The molecule has 6 nitrogen and oxygen atoms in total. The predicted octanol–water partition coefficient (Wildman–Crippen LogP) is 4.69. The van der Waals surface area contributed by atoms with Gasteiger partial charge in [0, 0.05) is 10.9 Å². The molecule has 1 saturated heterocycles. The van der Waals surface area contributed by atoms with Gasteiger partial charge in [-0.15, -0.1) is 0 Å². The Morgan fingerprint density at radius 3 is 2.09 bits per heavy atom. The van der Waals surface area contributed by atoms with Gasteiger partial charge in [-0.1, -0.05) is 64.5 Å². The van der Waals surface area contributed by atoms with Gasteiger partial charge in [0.25, 0.3) is 5.91 Å². The van der Waals surface area contributed by atoms with Gasteiger partial charge in [0.15, 0.2) is 0 Å². The Kier molecular flexibility index (Phi) is 5.21. The van der Waals surface area contributed by atoms with Crippen molar-refractivity contribution in [2.24, 2.45) is 11.0 Å². The number of carbonyl (C=O) groups is 3. The topological polar surface area (TPSA) is 70.1 Å². The maximum absolute atomic E-state index is 14.1. The van der Waals surface area contributed by atoms with E-state index in [1.54, 1.807) is 43.3 Å². The lowest BCUT2D eigenvalue weighted by molar-refractivity contribution is -0.129. The van der Waals surface area contributed by atoms with E-state index >= 15 is 0 Å². The van der Waals surface area contributed by atoms with Crippen LogP contribution in [0.15, 0.2) is 94.5 Å². The Bertz CT molecular complexity index is 1280. The van der Waals surface area contributed by atoms with Crippen LogP contribution in [0.3, 0.4) is 0 Å². The molecule has 2 aliphatic heterocycles. The largest absolute Gasteiger partial charge is 0.274 e. The van der Waals surface area contributed by atoms with E-state index in [9.17, 15) is 14.4 Å². The highest BCUT2D eigenvalue weighted by molar-refractivity contribution is 9.10. The predicted molar refractivity (Wildman–Crippen MR) is 130 cm³/mol. The first kappa shape index (κ1) is 21.3. The van der Waals surface area contributed by atoms with Crippen molar-refractivity contribution in [3.8, 4) is 0 Å². The van der Waals surface area contributed by atoms with Gasteiger partial charge in [0.2, 0.25) is 11.8 Å². The van der Waals surface area contributed by atoms with E-state index < -0.39 is 17.2 Å². The minimum atomic E-state index is -1.37.